The van der Waals surface area contributed by atoms with E-state index in [1.54, 1.807) is 0 Å². The van der Waals surface area contributed by atoms with Gasteiger partial charge in [-0.25, -0.2) is 0 Å². The highest BCUT2D eigenvalue weighted by molar-refractivity contribution is 6.19. The van der Waals surface area contributed by atoms with Gasteiger partial charge in [0.2, 0.25) is 0 Å². The van der Waals surface area contributed by atoms with E-state index in [1.165, 1.54) is 0 Å². The molecule has 1 aliphatic rings. The van der Waals surface area contributed by atoms with Crippen LogP contribution in [0, 0.1) is 0 Å². The summed E-state index contributed by atoms with van der Waals surface area (Å²) in [5.74, 6) is 0. The van der Waals surface area contributed by atoms with Crippen LogP contribution in [0.2, 0.25) is 0 Å². The number of para-hydroxylation sites is 2. The number of furan rings is 2. The second-order valence-electron chi connectivity index (χ2n) is 13.2. The van der Waals surface area contributed by atoms with E-state index in [1.807, 2.05) is 24.3 Å². The monoisotopic (exact) mass is 656 g/mol. The molecule has 7 aromatic carbocycles. The van der Waals surface area contributed by atoms with Crippen molar-refractivity contribution >= 4 is 55.3 Å². The molecule has 0 spiro atoms. The molecule has 1 unspecified atom stereocenters. The predicted molar refractivity (Wildman–Crippen MR) is 210 cm³/mol. The number of rotatable bonds is 5. The van der Waals surface area contributed by atoms with Crippen molar-refractivity contribution < 1.29 is 8.83 Å². The molecule has 1 aliphatic heterocycles. The second kappa shape index (κ2) is 11.7. The van der Waals surface area contributed by atoms with E-state index < -0.39 is 0 Å². The van der Waals surface area contributed by atoms with E-state index >= 15 is 0 Å². The van der Waals surface area contributed by atoms with Crippen molar-refractivity contribution in [3.05, 3.63) is 187 Å². The molecule has 0 saturated carbocycles. The molecule has 9 aromatic rings. The predicted octanol–water partition coefficient (Wildman–Crippen LogP) is 12.3. The molecule has 2 aromatic heterocycles. The van der Waals surface area contributed by atoms with Gasteiger partial charge in [0.25, 0.3) is 0 Å². The number of hydrogen-bond acceptors (Lipinski definition) is 4. The second-order valence-corrected chi connectivity index (χ2v) is 13.2. The highest BCUT2D eigenvalue weighted by Gasteiger charge is 2.27. The average Bonchev–Trinajstić information content (AvgIpc) is 3.76. The zero-order valence-electron chi connectivity index (χ0n) is 28.0. The van der Waals surface area contributed by atoms with E-state index in [2.05, 4.69) is 158 Å². The van der Waals surface area contributed by atoms with Gasteiger partial charge in [0.1, 0.15) is 28.5 Å². The fourth-order valence-corrected chi connectivity index (χ4v) is 7.68. The molecule has 4 nitrogen and oxygen atoms in total. The lowest BCUT2D eigenvalue weighted by Gasteiger charge is -2.34. The van der Waals surface area contributed by atoms with Crippen LogP contribution in [0.1, 0.15) is 22.9 Å². The standard InChI is InChI=1S/C47H32N2O2/c1-49-41(30-13-4-2-5-14-30)29-40(48-47(49)31-15-6-3-7-16-31)37-20-12-19-34(32-23-25-44-38(27-32)35-17-8-10-21-42(35)50-44)46(37)33-24-26-45-39(28-33)36-18-9-11-22-43(36)51-45/h2-29,47H,1H3. The summed E-state index contributed by atoms with van der Waals surface area (Å²) < 4.78 is 12.5. The maximum Gasteiger partial charge on any atom is 0.147 e. The first-order chi connectivity index (χ1) is 25.2. The molecule has 0 aliphatic carbocycles. The van der Waals surface area contributed by atoms with E-state index in [0.29, 0.717) is 0 Å². The van der Waals surface area contributed by atoms with E-state index in [9.17, 15) is 0 Å². The third-order valence-corrected chi connectivity index (χ3v) is 10.1. The third-order valence-electron chi connectivity index (χ3n) is 10.1. The van der Waals surface area contributed by atoms with Crippen LogP contribution < -0.4 is 0 Å². The van der Waals surface area contributed by atoms with Gasteiger partial charge in [-0.1, -0.05) is 127 Å². The van der Waals surface area contributed by atoms with Gasteiger partial charge in [0.05, 0.1) is 5.71 Å². The number of fused-ring (bicyclic) bond motifs is 6. The molecule has 0 bridgehead atoms. The van der Waals surface area contributed by atoms with Crippen molar-refractivity contribution in [3.8, 4) is 22.3 Å². The van der Waals surface area contributed by atoms with Gasteiger partial charge in [-0.2, -0.15) is 0 Å². The highest BCUT2D eigenvalue weighted by Crippen LogP contribution is 2.43. The Kier molecular flexibility index (Phi) is 6.75. The fraction of sp³-hybridized carbons (Fsp3) is 0.0426. The zero-order valence-corrected chi connectivity index (χ0v) is 28.0. The summed E-state index contributed by atoms with van der Waals surface area (Å²) in [6.07, 6.45) is 2.04. The van der Waals surface area contributed by atoms with Crippen LogP contribution in [0.25, 0.3) is 71.8 Å². The van der Waals surface area contributed by atoms with Crippen molar-refractivity contribution in [1.29, 1.82) is 0 Å². The molecule has 3 heterocycles. The van der Waals surface area contributed by atoms with Crippen molar-refractivity contribution in [1.82, 2.24) is 4.90 Å². The molecular formula is C47H32N2O2. The Balaban J connectivity index is 1.25. The van der Waals surface area contributed by atoms with E-state index in [4.69, 9.17) is 13.8 Å². The first kappa shape index (κ1) is 29.3. The first-order valence-electron chi connectivity index (χ1n) is 17.3. The number of benzene rings is 7. The lowest BCUT2D eigenvalue weighted by Crippen LogP contribution is -2.27. The highest BCUT2D eigenvalue weighted by atomic mass is 16.3. The summed E-state index contributed by atoms with van der Waals surface area (Å²) in [4.78, 5) is 7.79. The summed E-state index contributed by atoms with van der Waals surface area (Å²) in [5, 5.41) is 4.40. The van der Waals surface area contributed by atoms with Crippen LogP contribution in [0.5, 0.6) is 0 Å². The van der Waals surface area contributed by atoms with Gasteiger partial charge in [-0.15, -0.1) is 0 Å². The Hall–Kier alpha value is -6.65. The molecule has 0 saturated heterocycles. The van der Waals surface area contributed by atoms with Crippen LogP contribution in [-0.2, 0) is 0 Å². The molecule has 4 heteroatoms. The molecule has 0 amide bonds. The molecule has 10 rings (SSSR count). The van der Waals surface area contributed by atoms with Crippen LogP contribution in [0.3, 0.4) is 0 Å². The van der Waals surface area contributed by atoms with Crippen molar-refractivity contribution in [2.45, 2.75) is 6.17 Å². The normalized spacial score (nSPS) is 14.8. The largest absolute Gasteiger partial charge is 0.456 e. The third kappa shape index (κ3) is 4.87. The number of aliphatic imine (C=N–C) groups is 1. The molecule has 0 radical (unpaired) electrons. The summed E-state index contributed by atoms with van der Waals surface area (Å²) in [6, 6.07) is 57.4. The minimum atomic E-state index is -0.202. The van der Waals surface area contributed by atoms with Gasteiger partial charge < -0.3 is 13.7 Å². The Bertz CT molecular complexity index is 2820. The Morgan fingerprint density at radius 1 is 0.471 bits per heavy atom. The molecule has 0 fully saturated rings. The SMILES string of the molecule is CN1C(c2ccccc2)=CC(c2cccc(-c3ccc4oc5ccccc5c4c3)c2-c2ccc3oc4ccccc4c3c2)=NC1c1ccccc1. The number of allylic oxidation sites excluding steroid dienone is 1. The number of nitrogens with zero attached hydrogens (tertiary/aromatic N) is 2. The van der Waals surface area contributed by atoms with Gasteiger partial charge in [-0.3, -0.25) is 4.99 Å². The fourth-order valence-electron chi connectivity index (χ4n) is 7.68. The average molecular weight is 657 g/mol. The van der Waals surface area contributed by atoms with Crippen molar-refractivity contribution in [3.63, 3.8) is 0 Å². The minimum Gasteiger partial charge on any atom is -0.456 e. The zero-order chi connectivity index (χ0) is 33.9. The molecule has 242 valence electrons. The van der Waals surface area contributed by atoms with Crippen LogP contribution in [-0.4, -0.2) is 17.7 Å². The molecule has 51 heavy (non-hydrogen) atoms. The minimum absolute atomic E-state index is 0.202. The van der Waals surface area contributed by atoms with E-state index in [-0.39, 0.29) is 6.17 Å². The Labute approximate surface area is 295 Å². The lowest BCUT2D eigenvalue weighted by atomic mass is 9.87. The summed E-state index contributed by atoms with van der Waals surface area (Å²) in [5.41, 5.74) is 13.4. The van der Waals surface area contributed by atoms with E-state index in [0.717, 1.165) is 94.2 Å². The Morgan fingerprint density at radius 2 is 1.02 bits per heavy atom. The summed E-state index contributed by atoms with van der Waals surface area (Å²) in [7, 11) is 2.14. The smallest absolute Gasteiger partial charge is 0.147 e. The molecule has 0 N–H and O–H groups in total. The summed E-state index contributed by atoms with van der Waals surface area (Å²) in [6.45, 7) is 0. The first-order valence-corrected chi connectivity index (χ1v) is 17.3. The lowest BCUT2D eigenvalue weighted by molar-refractivity contribution is 0.364. The van der Waals surface area contributed by atoms with Gasteiger partial charge in [-0.05, 0) is 75.9 Å². The quantitative estimate of drug-likeness (QED) is 0.185. The maximum absolute atomic E-state index is 6.27. The van der Waals surface area contributed by atoms with Crippen molar-refractivity contribution in [2.24, 2.45) is 4.99 Å². The topological polar surface area (TPSA) is 41.9 Å². The van der Waals surface area contributed by atoms with Crippen molar-refractivity contribution in [2.75, 3.05) is 7.05 Å². The van der Waals surface area contributed by atoms with Gasteiger partial charge >= 0.3 is 0 Å². The van der Waals surface area contributed by atoms with Crippen LogP contribution in [0.4, 0.5) is 0 Å². The molecule has 1 atom stereocenters. The van der Waals surface area contributed by atoms with Crippen LogP contribution in [0.15, 0.2) is 184 Å². The Morgan fingerprint density at radius 3 is 1.71 bits per heavy atom. The maximum atomic E-state index is 6.27. The van der Waals surface area contributed by atoms with Gasteiger partial charge in [0.15, 0.2) is 0 Å². The van der Waals surface area contributed by atoms with Gasteiger partial charge in [0, 0.05) is 39.9 Å². The summed E-state index contributed by atoms with van der Waals surface area (Å²) >= 11 is 0. The number of hydrogen-bond donors (Lipinski definition) is 0. The molecular weight excluding hydrogens is 625 g/mol. The van der Waals surface area contributed by atoms with Crippen LogP contribution >= 0.6 is 0 Å².